The number of allylic oxidation sites excluding steroid dienone is 1. The fraction of sp³-hybridized carbons (Fsp3) is 0.571. The van der Waals surface area contributed by atoms with Crippen LogP contribution in [-0.4, -0.2) is 12.5 Å². The third kappa shape index (κ3) is 2.31. The van der Waals surface area contributed by atoms with Gasteiger partial charge in [0.25, 0.3) is 0 Å². The zero-order chi connectivity index (χ0) is 6.53. The van der Waals surface area contributed by atoms with Crippen LogP contribution in [0.2, 0.25) is 0 Å². The minimum Gasteiger partial charge on any atom is -0.356 e. The lowest BCUT2D eigenvalue weighted by Gasteiger charge is -2.03. The summed E-state index contributed by atoms with van der Waals surface area (Å²) in [7, 11) is 0. The van der Waals surface area contributed by atoms with Crippen LogP contribution < -0.4 is 5.32 Å². The van der Waals surface area contributed by atoms with E-state index in [9.17, 15) is 4.79 Å². The Hall–Kier alpha value is -0.790. The highest BCUT2D eigenvalue weighted by molar-refractivity contribution is 5.77. The summed E-state index contributed by atoms with van der Waals surface area (Å²) in [5, 5.41) is 2.79. The Labute approximate surface area is 54.9 Å². The van der Waals surface area contributed by atoms with Gasteiger partial charge in [0.1, 0.15) is 0 Å². The van der Waals surface area contributed by atoms with E-state index in [1.807, 2.05) is 6.08 Å². The zero-order valence-electron chi connectivity index (χ0n) is 5.39. The Kier molecular flexibility index (Phi) is 2.31. The molecule has 0 radical (unpaired) electrons. The van der Waals surface area contributed by atoms with Crippen LogP contribution in [0, 0.1) is 0 Å². The minimum atomic E-state index is 0.144. The van der Waals surface area contributed by atoms with Crippen LogP contribution in [0.5, 0.6) is 0 Å². The van der Waals surface area contributed by atoms with E-state index >= 15 is 0 Å². The zero-order valence-corrected chi connectivity index (χ0v) is 5.39. The summed E-state index contributed by atoms with van der Waals surface area (Å²) in [4.78, 5) is 10.7. The second kappa shape index (κ2) is 3.28. The summed E-state index contributed by atoms with van der Waals surface area (Å²) in [5.41, 5.74) is 0. The molecule has 0 atom stereocenters. The van der Waals surface area contributed by atoms with E-state index in [0.717, 1.165) is 19.4 Å². The highest BCUT2D eigenvalue weighted by Gasteiger charge is 1.97. The van der Waals surface area contributed by atoms with Crippen LogP contribution >= 0.6 is 0 Å². The summed E-state index contributed by atoms with van der Waals surface area (Å²) in [6, 6.07) is 0. The molecular formula is C7H11NO. The van der Waals surface area contributed by atoms with Crippen molar-refractivity contribution in [3.8, 4) is 0 Å². The van der Waals surface area contributed by atoms with Crippen molar-refractivity contribution in [1.29, 1.82) is 0 Å². The maximum Gasteiger partial charge on any atom is 0.223 e. The summed E-state index contributed by atoms with van der Waals surface area (Å²) >= 11 is 0. The maximum atomic E-state index is 10.7. The van der Waals surface area contributed by atoms with Gasteiger partial charge in [-0.2, -0.15) is 0 Å². The highest BCUT2D eigenvalue weighted by Crippen LogP contribution is 1.95. The molecule has 0 aromatic heterocycles. The van der Waals surface area contributed by atoms with Crippen molar-refractivity contribution < 1.29 is 4.79 Å². The molecule has 0 spiro atoms. The third-order valence-corrected chi connectivity index (χ3v) is 1.34. The standard InChI is InChI=1S/C7H11NO/c9-7-5-3-1-2-4-6-8-7/h1,3H,2,4-6H2,(H,8,9). The molecule has 0 saturated heterocycles. The van der Waals surface area contributed by atoms with Gasteiger partial charge in [-0.3, -0.25) is 4.79 Å². The number of carbonyl (C=O) groups is 1. The quantitative estimate of drug-likeness (QED) is 0.477. The van der Waals surface area contributed by atoms with E-state index in [2.05, 4.69) is 11.4 Å². The first-order chi connectivity index (χ1) is 4.39. The van der Waals surface area contributed by atoms with Crippen LogP contribution in [0.25, 0.3) is 0 Å². The largest absolute Gasteiger partial charge is 0.356 e. The van der Waals surface area contributed by atoms with Crippen LogP contribution in [-0.2, 0) is 4.79 Å². The maximum absolute atomic E-state index is 10.7. The van der Waals surface area contributed by atoms with E-state index in [4.69, 9.17) is 0 Å². The first-order valence-electron chi connectivity index (χ1n) is 3.31. The van der Waals surface area contributed by atoms with Crippen molar-refractivity contribution >= 4 is 5.91 Å². The molecule has 0 saturated carbocycles. The van der Waals surface area contributed by atoms with Gasteiger partial charge >= 0.3 is 0 Å². The molecule has 0 bridgehead atoms. The van der Waals surface area contributed by atoms with E-state index in [1.54, 1.807) is 0 Å². The van der Waals surface area contributed by atoms with E-state index in [-0.39, 0.29) is 5.91 Å². The lowest BCUT2D eigenvalue weighted by atomic mass is 10.2. The molecule has 0 aromatic carbocycles. The van der Waals surface area contributed by atoms with Gasteiger partial charge in [0.15, 0.2) is 0 Å². The SMILES string of the molecule is O=C1CC=CCCCN1. The van der Waals surface area contributed by atoms with Gasteiger partial charge in [0, 0.05) is 13.0 Å². The van der Waals surface area contributed by atoms with Gasteiger partial charge in [0.2, 0.25) is 5.91 Å². The van der Waals surface area contributed by atoms with Gasteiger partial charge in [-0.05, 0) is 12.8 Å². The molecular weight excluding hydrogens is 114 g/mol. The predicted molar refractivity (Wildman–Crippen MR) is 36.0 cm³/mol. The smallest absolute Gasteiger partial charge is 0.223 e. The first kappa shape index (κ1) is 6.33. The van der Waals surface area contributed by atoms with E-state index in [0.29, 0.717) is 6.42 Å². The van der Waals surface area contributed by atoms with Gasteiger partial charge in [0.05, 0.1) is 0 Å². The Morgan fingerprint density at radius 1 is 1.44 bits per heavy atom. The van der Waals surface area contributed by atoms with Gasteiger partial charge in [-0.1, -0.05) is 12.2 Å². The molecule has 0 aliphatic carbocycles. The molecule has 50 valence electrons. The fourth-order valence-corrected chi connectivity index (χ4v) is 0.828. The number of nitrogens with one attached hydrogen (secondary N) is 1. The van der Waals surface area contributed by atoms with Gasteiger partial charge in [-0.15, -0.1) is 0 Å². The molecule has 0 fully saturated rings. The van der Waals surface area contributed by atoms with Crippen molar-refractivity contribution in [2.45, 2.75) is 19.3 Å². The minimum absolute atomic E-state index is 0.144. The molecule has 1 amide bonds. The van der Waals surface area contributed by atoms with Crippen LogP contribution in [0.4, 0.5) is 0 Å². The van der Waals surface area contributed by atoms with Crippen LogP contribution in [0.15, 0.2) is 12.2 Å². The Morgan fingerprint density at radius 2 is 2.33 bits per heavy atom. The van der Waals surface area contributed by atoms with Gasteiger partial charge in [-0.25, -0.2) is 0 Å². The third-order valence-electron chi connectivity index (χ3n) is 1.34. The van der Waals surface area contributed by atoms with Crippen LogP contribution in [0.1, 0.15) is 19.3 Å². The topological polar surface area (TPSA) is 29.1 Å². The number of rotatable bonds is 0. The van der Waals surface area contributed by atoms with Crippen molar-refractivity contribution in [2.24, 2.45) is 0 Å². The van der Waals surface area contributed by atoms with Crippen molar-refractivity contribution in [3.05, 3.63) is 12.2 Å². The summed E-state index contributed by atoms with van der Waals surface area (Å²) in [6.45, 7) is 0.836. The molecule has 0 aromatic rings. The first-order valence-corrected chi connectivity index (χ1v) is 3.31. The highest BCUT2D eigenvalue weighted by atomic mass is 16.1. The fourth-order valence-electron chi connectivity index (χ4n) is 0.828. The molecule has 1 rings (SSSR count). The number of carbonyl (C=O) groups excluding carboxylic acids is 1. The normalized spacial score (nSPS) is 20.2. The summed E-state index contributed by atoms with van der Waals surface area (Å²) in [6.07, 6.45) is 6.72. The van der Waals surface area contributed by atoms with Crippen molar-refractivity contribution in [1.82, 2.24) is 5.32 Å². The summed E-state index contributed by atoms with van der Waals surface area (Å²) < 4.78 is 0. The molecule has 9 heavy (non-hydrogen) atoms. The Bertz CT molecular complexity index is 129. The average Bonchev–Trinajstić information content (AvgIpc) is 1.79. The second-order valence-electron chi connectivity index (χ2n) is 2.17. The lowest BCUT2D eigenvalue weighted by Crippen LogP contribution is -2.24. The van der Waals surface area contributed by atoms with E-state index in [1.165, 1.54) is 0 Å². The lowest BCUT2D eigenvalue weighted by molar-refractivity contribution is -0.120. The average molecular weight is 125 g/mol. The molecule has 1 heterocycles. The number of hydrogen-bond acceptors (Lipinski definition) is 1. The Morgan fingerprint density at radius 3 is 3.22 bits per heavy atom. The molecule has 0 unspecified atom stereocenters. The van der Waals surface area contributed by atoms with E-state index < -0.39 is 0 Å². The van der Waals surface area contributed by atoms with Crippen molar-refractivity contribution in [2.75, 3.05) is 6.54 Å². The number of amides is 1. The molecule has 1 N–H and O–H groups in total. The van der Waals surface area contributed by atoms with Crippen LogP contribution in [0.3, 0.4) is 0 Å². The molecule has 2 heteroatoms. The number of hydrogen-bond donors (Lipinski definition) is 1. The predicted octanol–water partition coefficient (Wildman–Crippen LogP) is 0.843. The second-order valence-corrected chi connectivity index (χ2v) is 2.17. The Balaban J connectivity index is 2.37. The molecule has 1 aliphatic rings. The van der Waals surface area contributed by atoms with Gasteiger partial charge < -0.3 is 5.32 Å². The monoisotopic (exact) mass is 125 g/mol. The molecule has 1 aliphatic heterocycles. The van der Waals surface area contributed by atoms with Crippen molar-refractivity contribution in [3.63, 3.8) is 0 Å². The summed E-state index contributed by atoms with van der Waals surface area (Å²) in [5.74, 6) is 0.144. The molecule has 2 nitrogen and oxygen atoms in total.